The summed E-state index contributed by atoms with van der Waals surface area (Å²) in [6.07, 6.45) is 2.00. The molecule has 0 atom stereocenters. The van der Waals surface area contributed by atoms with Gasteiger partial charge in [-0.2, -0.15) is 0 Å². The molecule has 0 aliphatic heterocycles. The summed E-state index contributed by atoms with van der Waals surface area (Å²) in [7, 11) is 0. The Balaban J connectivity index is 3.28. The zero-order valence-electron chi connectivity index (χ0n) is 14.8. The first-order valence-corrected chi connectivity index (χ1v) is 8.28. The summed E-state index contributed by atoms with van der Waals surface area (Å²) in [6, 6.07) is 0.435. The van der Waals surface area contributed by atoms with Gasteiger partial charge in [-0.1, -0.05) is 20.8 Å². The third-order valence-electron chi connectivity index (χ3n) is 3.44. The van der Waals surface area contributed by atoms with Crippen LogP contribution in [0, 0.1) is 12.8 Å². The first-order valence-electron chi connectivity index (χ1n) is 8.28. The quantitative estimate of drug-likeness (QED) is 0.785. The van der Waals surface area contributed by atoms with Crippen molar-refractivity contribution in [2.45, 2.75) is 67.3 Å². The number of anilines is 2. The molecule has 0 spiro atoms. The lowest BCUT2D eigenvalue weighted by molar-refractivity contribution is 0.563. The Kier molecular flexibility index (Phi) is 6.93. The summed E-state index contributed by atoms with van der Waals surface area (Å²) < 4.78 is 0. The highest BCUT2D eigenvalue weighted by Crippen LogP contribution is 2.26. The molecule has 1 heterocycles. The maximum Gasteiger partial charge on any atom is 0.137 e. The summed E-state index contributed by atoms with van der Waals surface area (Å²) >= 11 is 0. The molecule has 120 valence electrons. The van der Waals surface area contributed by atoms with Gasteiger partial charge >= 0.3 is 0 Å². The van der Waals surface area contributed by atoms with Crippen LogP contribution >= 0.6 is 0 Å². The smallest absolute Gasteiger partial charge is 0.137 e. The monoisotopic (exact) mass is 292 g/mol. The molecule has 4 heteroatoms. The normalized spacial score (nSPS) is 11.3. The second-order valence-corrected chi connectivity index (χ2v) is 6.36. The second-order valence-electron chi connectivity index (χ2n) is 6.36. The average molecular weight is 292 g/mol. The summed E-state index contributed by atoms with van der Waals surface area (Å²) in [4.78, 5) is 11.9. The van der Waals surface area contributed by atoms with Gasteiger partial charge in [0.1, 0.15) is 17.5 Å². The van der Waals surface area contributed by atoms with Crippen LogP contribution in [0.15, 0.2) is 0 Å². The Bertz CT molecular complexity index is 441. The van der Waals surface area contributed by atoms with Crippen LogP contribution in [0.5, 0.6) is 0 Å². The second kappa shape index (κ2) is 8.20. The first-order chi connectivity index (χ1) is 9.90. The Morgan fingerprint density at radius 2 is 1.76 bits per heavy atom. The molecule has 0 saturated heterocycles. The minimum atomic E-state index is 0.435. The maximum absolute atomic E-state index is 4.85. The summed E-state index contributed by atoms with van der Waals surface area (Å²) in [5, 5.41) is 3.38. The molecule has 0 aliphatic carbocycles. The van der Waals surface area contributed by atoms with E-state index in [-0.39, 0.29) is 0 Å². The number of nitrogens with zero attached hydrogens (tertiary/aromatic N) is 3. The standard InChI is InChI=1S/C17H32N4/c1-8-10-15-19-16(18-9-2)14(7)17(20-15)21(13(5)6)11-12(3)4/h12-13H,8-11H2,1-7H3,(H,18,19,20). The van der Waals surface area contributed by atoms with Crippen LogP contribution in [-0.4, -0.2) is 29.1 Å². The van der Waals surface area contributed by atoms with Gasteiger partial charge in [0.15, 0.2) is 0 Å². The third kappa shape index (κ3) is 4.87. The SMILES string of the molecule is CCCc1nc(NCC)c(C)c(N(CC(C)C)C(C)C)n1. The number of aromatic nitrogens is 2. The van der Waals surface area contributed by atoms with Crippen molar-refractivity contribution in [1.29, 1.82) is 0 Å². The Labute approximate surface area is 130 Å². The van der Waals surface area contributed by atoms with E-state index in [1.54, 1.807) is 0 Å². The highest BCUT2D eigenvalue weighted by molar-refractivity contribution is 5.59. The molecule has 21 heavy (non-hydrogen) atoms. The molecule has 0 fully saturated rings. The van der Waals surface area contributed by atoms with Gasteiger partial charge in [-0.3, -0.25) is 0 Å². The predicted octanol–water partition coefficient (Wildman–Crippen LogP) is 4.04. The van der Waals surface area contributed by atoms with Crippen LogP contribution in [-0.2, 0) is 6.42 Å². The van der Waals surface area contributed by atoms with E-state index in [9.17, 15) is 0 Å². The molecule has 1 rings (SSSR count). The van der Waals surface area contributed by atoms with E-state index in [2.05, 4.69) is 63.7 Å². The third-order valence-corrected chi connectivity index (χ3v) is 3.44. The molecular weight excluding hydrogens is 260 g/mol. The van der Waals surface area contributed by atoms with Crippen molar-refractivity contribution < 1.29 is 0 Å². The lowest BCUT2D eigenvalue weighted by Gasteiger charge is -2.31. The number of aryl methyl sites for hydroxylation is 1. The van der Waals surface area contributed by atoms with Gasteiger partial charge in [-0.15, -0.1) is 0 Å². The van der Waals surface area contributed by atoms with E-state index in [1.807, 2.05) is 0 Å². The fraction of sp³-hybridized carbons (Fsp3) is 0.765. The molecule has 0 radical (unpaired) electrons. The van der Waals surface area contributed by atoms with Crippen molar-refractivity contribution in [2.75, 3.05) is 23.3 Å². The fourth-order valence-corrected chi connectivity index (χ4v) is 2.44. The predicted molar refractivity (Wildman–Crippen MR) is 92.2 cm³/mol. The topological polar surface area (TPSA) is 41.1 Å². The molecule has 0 unspecified atom stereocenters. The molecule has 0 aromatic carbocycles. The molecule has 4 nitrogen and oxygen atoms in total. The van der Waals surface area contributed by atoms with Crippen LogP contribution in [0.3, 0.4) is 0 Å². The van der Waals surface area contributed by atoms with Crippen molar-refractivity contribution in [2.24, 2.45) is 5.92 Å². The number of nitrogens with one attached hydrogen (secondary N) is 1. The molecule has 0 amide bonds. The number of rotatable bonds is 8. The van der Waals surface area contributed by atoms with Crippen LogP contribution in [0.25, 0.3) is 0 Å². The van der Waals surface area contributed by atoms with Gasteiger partial charge in [-0.05, 0) is 40.0 Å². The minimum absolute atomic E-state index is 0.435. The van der Waals surface area contributed by atoms with Crippen molar-refractivity contribution in [1.82, 2.24) is 9.97 Å². The van der Waals surface area contributed by atoms with E-state index >= 15 is 0 Å². The lowest BCUT2D eigenvalue weighted by Crippen LogP contribution is -2.36. The zero-order chi connectivity index (χ0) is 16.0. The highest BCUT2D eigenvalue weighted by atomic mass is 15.2. The van der Waals surface area contributed by atoms with Crippen LogP contribution in [0.1, 0.15) is 59.4 Å². The van der Waals surface area contributed by atoms with Crippen molar-refractivity contribution in [3.8, 4) is 0 Å². The molecule has 1 N–H and O–H groups in total. The van der Waals surface area contributed by atoms with E-state index < -0.39 is 0 Å². The van der Waals surface area contributed by atoms with Gasteiger partial charge in [0, 0.05) is 31.1 Å². The zero-order valence-corrected chi connectivity index (χ0v) is 14.8. The molecular formula is C17H32N4. The largest absolute Gasteiger partial charge is 0.370 e. The van der Waals surface area contributed by atoms with E-state index in [4.69, 9.17) is 4.98 Å². The molecule has 0 aliphatic rings. The first kappa shape index (κ1) is 17.7. The maximum atomic E-state index is 4.85. The van der Waals surface area contributed by atoms with Gasteiger partial charge in [0.25, 0.3) is 0 Å². The average Bonchev–Trinajstić information content (AvgIpc) is 2.40. The van der Waals surface area contributed by atoms with Crippen molar-refractivity contribution in [3.63, 3.8) is 0 Å². The van der Waals surface area contributed by atoms with Gasteiger partial charge in [-0.25, -0.2) is 9.97 Å². The van der Waals surface area contributed by atoms with Crippen molar-refractivity contribution in [3.05, 3.63) is 11.4 Å². The van der Waals surface area contributed by atoms with Crippen LogP contribution < -0.4 is 10.2 Å². The minimum Gasteiger partial charge on any atom is -0.370 e. The van der Waals surface area contributed by atoms with Gasteiger partial charge in [0.05, 0.1) is 0 Å². The Morgan fingerprint density at radius 3 is 2.24 bits per heavy atom. The summed E-state index contributed by atoms with van der Waals surface area (Å²) in [5.74, 6) is 3.64. The van der Waals surface area contributed by atoms with Crippen LogP contribution in [0.4, 0.5) is 11.6 Å². The van der Waals surface area contributed by atoms with Crippen molar-refractivity contribution >= 4 is 11.6 Å². The number of hydrogen-bond donors (Lipinski definition) is 1. The molecule has 1 aromatic rings. The summed E-state index contributed by atoms with van der Waals surface area (Å²) in [6.45, 7) is 17.3. The van der Waals surface area contributed by atoms with E-state index in [1.165, 1.54) is 0 Å². The summed E-state index contributed by atoms with van der Waals surface area (Å²) in [5.41, 5.74) is 1.16. The lowest BCUT2D eigenvalue weighted by atomic mass is 10.1. The fourth-order valence-electron chi connectivity index (χ4n) is 2.44. The van der Waals surface area contributed by atoms with E-state index in [0.717, 1.165) is 49.0 Å². The highest BCUT2D eigenvalue weighted by Gasteiger charge is 2.19. The molecule has 0 bridgehead atoms. The molecule has 0 saturated carbocycles. The Morgan fingerprint density at radius 1 is 1.10 bits per heavy atom. The Hall–Kier alpha value is -1.32. The van der Waals surface area contributed by atoms with Gasteiger partial charge in [0.2, 0.25) is 0 Å². The molecule has 1 aromatic heterocycles. The van der Waals surface area contributed by atoms with E-state index in [0.29, 0.717) is 12.0 Å². The van der Waals surface area contributed by atoms with Crippen LogP contribution in [0.2, 0.25) is 0 Å². The number of hydrogen-bond acceptors (Lipinski definition) is 4. The van der Waals surface area contributed by atoms with Gasteiger partial charge < -0.3 is 10.2 Å².